The van der Waals surface area contributed by atoms with Gasteiger partial charge in [-0.3, -0.25) is 0 Å². The van der Waals surface area contributed by atoms with E-state index < -0.39 is 0 Å². The molecule has 0 aromatic carbocycles. The molecule has 0 fully saturated rings. The van der Waals surface area contributed by atoms with E-state index in [1.807, 2.05) is 0 Å². The number of nitrogens with one attached hydrogen (secondary N) is 1. The van der Waals surface area contributed by atoms with Gasteiger partial charge < -0.3 is 15.0 Å². The normalized spacial score (nSPS) is 11.1. The summed E-state index contributed by atoms with van der Waals surface area (Å²) in [6.07, 6.45) is 2.85. The molecule has 5 heteroatoms. The van der Waals surface area contributed by atoms with E-state index in [0.717, 1.165) is 37.4 Å². The Morgan fingerprint density at radius 2 is 2.20 bits per heavy atom. The summed E-state index contributed by atoms with van der Waals surface area (Å²) in [5.74, 6) is 0.953. The number of nitrogens with zero attached hydrogens (tertiary/aromatic N) is 2. The van der Waals surface area contributed by atoms with Crippen molar-refractivity contribution >= 4 is 17.4 Å². The molecule has 1 heterocycles. The molecular formula is C15H26ClN3O. The maximum atomic E-state index is 6.22. The van der Waals surface area contributed by atoms with Crippen molar-refractivity contribution < 1.29 is 4.74 Å². The average Bonchev–Trinajstić information content (AvgIpc) is 2.42. The summed E-state index contributed by atoms with van der Waals surface area (Å²) in [4.78, 5) is 6.68. The van der Waals surface area contributed by atoms with Crippen LogP contribution in [0.5, 0.6) is 0 Å². The van der Waals surface area contributed by atoms with E-state index in [0.29, 0.717) is 17.7 Å². The van der Waals surface area contributed by atoms with Gasteiger partial charge in [-0.1, -0.05) is 18.5 Å². The minimum atomic E-state index is 0.371. The van der Waals surface area contributed by atoms with Crippen molar-refractivity contribution in [1.82, 2.24) is 10.3 Å². The first kappa shape index (κ1) is 17.2. The zero-order valence-electron chi connectivity index (χ0n) is 12.9. The van der Waals surface area contributed by atoms with Crippen LogP contribution >= 0.6 is 11.6 Å². The number of ether oxygens (including phenoxy) is 1. The van der Waals surface area contributed by atoms with Crippen molar-refractivity contribution in [2.45, 2.75) is 39.8 Å². The maximum absolute atomic E-state index is 6.22. The Morgan fingerprint density at radius 3 is 2.80 bits per heavy atom. The van der Waals surface area contributed by atoms with Crippen LogP contribution in [0.3, 0.4) is 0 Å². The van der Waals surface area contributed by atoms with Crippen LogP contribution in [-0.4, -0.2) is 37.8 Å². The summed E-state index contributed by atoms with van der Waals surface area (Å²) >= 11 is 6.22. The lowest BCUT2D eigenvalue weighted by Gasteiger charge is -2.28. The minimum Gasteiger partial charge on any atom is -0.383 e. The van der Waals surface area contributed by atoms with Gasteiger partial charge in [-0.05, 0) is 38.4 Å². The van der Waals surface area contributed by atoms with Crippen molar-refractivity contribution in [3.63, 3.8) is 0 Å². The second-order valence-electron chi connectivity index (χ2n) is 5.09. The summed E-state index contributed by atoms with van der Waals surface area (Å²) in [5.41, 5.74) is 1.09. The Kier molecular flexibility index (Phi) is 7.88. The molecule has 1 aromatic rings. The third-order valence-corrected chi connectivity index (χ3v) is 3.46. The Labute approximate surface area is 127 Å². The highest BCUT2D eigenvalue weighted by Crippen LogP contribution is 2.21. The van der Waals surface area contributed by atoms with Gasteiger partial charge in [-0.15, -0.1) is 0 Å². The molecule has 0 amide bonds. The highest BCUT2D eigenvalue weighted by atomic mass is 35.5. The van der Waals surface area contributed by atoms with E-state index in [1.165, 1.54) is 0 Å². The maximum Gasteiger partial charge on any atom is 0.129 e. The fourth-order valence-electron chi connectivity index (χ4n) is 1.99. The predicted octanol–water partition coefficient (Wildman–Crippen LogP) is 3.10. The molecule has 0 saturated heterocycles. The summed E-state index contributed by atoms with van der Waals surface area (Å²) in [6, 6.07) is 2.44. The Morgan fingerprint density at radius 1 is 1.45 bits per heavy atom. The van der Waals surface area contributed by atoms with Crippen LogP contribution in [0.2, 0.25) is 5.02 Å². The SMILES string of the molecule is CCCNCc1cc(N(CCOC)C(C)C)ncc1Cl. The molecule has 0 spiro atoms. The molecule has 0 aliphatic rings. The van der Waals surface area contributed by atoms with E-state index >= 15 is 0 Å². The molecule has 0 unspecified atom stereocenters. The summed E-state index contributed by atoms with van der Waals surface area (Å²) < 4.78 is 5.17. The molecule has 1 N–H and O–H groups in total. The molecule has 114 valence electrons. The quantitative estimate of drug-likeness (QED) is 0.711. The molecule has 1 rings (SSSR count). The van der Waals surface area contributed by atoms with Gasteiger partial charge in [-0.2, -0.15) is 0 Å². The van der Waals surface area contributed by atoms with Crippen molar-refractivity contribution in [3.8, 4) is 0 Å². The van der Waals surface area contributed by atoms with Crippen molar-refractivity contribution in [2.24, 2.45) is 0 Å². The number of halogens is 1. The van der Waals surface area contributed by atoms with Crippen LogP contribution < -0.4 is 10.2 Å². The number of rotatable bonds is 9. The van der Waals surface area contributed by atoms with Crippen molar-refractivity contribution in [3.05, 3.63) is 22.8 Å². The van der Waals surface area contributed by atoms with Crippen LogP contribution in [0.25, 0.3) is 0 Å². The third kappa shape index (κ3) is 5.27. The Balaban J connectivity index is 2.84. The Bertz CT molecular complexity index is 399. The fourth-order valence-corrected chi connectivity index (χ4v) is 2.16. The van der Waals surface area contributed by atoms with Crippen LogP contribution in [0, 0.1) is 0 Å². The first-order valence-corrected chi connectivity index (χ1v) is 7.58. The van der Waals surface area contributed by atoms with E-state index in [4.69, 9.17) is 16.3 Å². The molecular weight excluding hydrogens is 274 g/mol. The lowest BCUT2D eigenvalue weighted by Crippen LogP contribution is -2.34. The molecule has 1 aromatic heterocycles. The van der Waals surface area contributed by atoms with Gasteiger partial charge in [0.1, 0.15) is 5.82 Å². The molecule has 0 atom stereocenters. The van der Waals surface area contributed by atoms with Gasteiger partial charge in [0.25, 0.3) is 0 Å². The number of pyridine rings is 1. The highest BCUT2D eigenvalue weighted by molar-refractivity contribution is 6.31. The molecule has 0 bridgehead atoms. The molecule has 4 nitrogen and oxygen atoms in total. The number of hydrogen-bond acceptors (Lipinski definition) is 4. The topological polar surface area (TPSA) is 37.4 Å². The van der Waals surface area contributed by atoms with E-state index in [9.17, 15) is 0 Å². The largest absolute Gasteiger partial charge is 0.383 e. The summed E-state index contributed by atoms with van der Waals surface area (Å²) in [5, 5.41) is 4.09. The first-order valence-electron chi connectivity index (χ1n) is 7.20. The molecule has 20 heavy (non-hydrogen) atoms. The number of aromatic nitrogens is 1. The second-order valence-corrected chi connectivity index (χ2v) is 5.50. The predicted molar refractivity (Wildman–Crippen MR) is 85.6 cm³/mol. The van der Waals surface area contributed by atoms with Crippen LogP contribution in [0.4, 0.5) is 5.82 Å². The second kappa shape index (κ2) is 9.16. The average molecular weight is 300 g/mol. The van der Waals surface area contributed by atoms with Crippen LogP contribution in [0.15, 0.2) is 12.3 Å². The van der Waals surface area contributed by atoms with E-state index in [1.54, 1.807) is 13.3 Å². The van der Waals surface area contributed by atoms with Crippen LogP contribution in [0.1, 0.15) is 32.8 Å². The first-order chi connectivity index (χ1) is 9.60. The lowest BCUT2D eigenvalue weighted by atomic mass is 10.2. The number of hydrogen-bond donors (Lipinski definition) is 1. The van der Waals surface area contributed by atoms with Crippen molar-refractivity contribution in [1.29, 1.82) is 0 Å². The zero-order chi connectivity index (χ0) is 15.0. The molecule has 0 aliphatic carbocycles. The zero-order valence-corrected chi connectivity index (χ0v) is 13.7. The van der Waals surface area contributed by atoms with Gasteiger partial charge in [0.05, 0.1) is 11.6 Å². The van der Waals surface area contributed by atoms with Gasteiger partial charge in [0, 0.05) is 32.4 Å². The minimum absolute atomic E-state index is 0.371. The van der Waals surface area contributed by atoms with Gasteiger partial charge >= 0.3 is 0 Å². The smallest absolute Gasteiger partial charge is 0.129 e. The number of methoxy groups -OCH3 is 1. The molecule has 0 aliphatic heterocycles. The van der Waals surface area contributed by atoms with E-state index in [2.05, 4.69) is 42.0 Å². The Hall–Kier alpha value is -0.840. The lowest BCUT2D eigenvalue weighted by molar-refractivity contribution is 0.203. The fraction of sp³-hybridized carbons (Fsp3) is 0.667. The van der Waals surface area contributed by atoms with Gasteiger partial charge in [-0.25, -0.2) is 4.98 Å². The third-order valence-electron chi connectivity index (χ3n) is 3.12. The van der Waals surface area contributed by atoms with Gasteiger partial charge in [0.2, 0.25) is 0 Å². The standard InChI is InChI=1S/C15H26ClN3O/c1-5-6-17-10-13-9-15(18-11-14(13)16)19(12(2)3)7-8-20-4/h9,11-12,17H,5-8,10H2,1-4H3. The highest BCUT2D eigenvalue weighted by Gasteiger charge is 2.13. The van der Waals surface area contributed by atoms with Crippen molar-refractivity contribution in [2.75, 3.05) is 31.7 Å². The summed E-state index contributed by atoms with van der Waals surface area (Å²) in [6.45, 7) is 9.74. The van der Waals surface area contributed by atoms with Gasteiger partial charge in [0.15, 0.2) is 0 Å². The van der Waals surface area contributed by atoms with E-state index in [-0.39, 0.29) is 0 Å². The number of anilines is 1. The molecule has 0 radical (unpaired) electrons. The summed E-state index contributed by atoms with van der Waals surface area (Å²) in [7, 11) is 1.72. The monoisotopic (exact) mass is 299 g/mol. The molecule has 0 saturated carbocycles. The van der Waals surface area contributed by atoms with Crippen LogP contribution in [-0.2, 0) is 11.3 Å².